The molecule has 21 heavy (non-hydrogen) atoms. The van der Waals surface area contributed by atoms with Gasteiger partial charge in [-0.25, -0.2) is 0 Å². The molecule has 0 spiro atoms. The van der Waals surface area contributed by atoms with E-state index in [1.807, 2.05) is 18.3 Å². The average Bonchev–Trinajstić information content (AvgIpc) is 2.53. The van der Waals surface area contributed by atoms with Gasteiger partial charge >= 0.3 is 0 Å². The third-order valence-electron chi connectivity index (χ3n) is 4.26. The van der Waals surface area contributed by atoms with Crippen LogP contribution in [0.25, 0.3) is 10.9 Å². The lowest BCUT2D eigenvalue weighted by Crippen LogP contribution is -2.43. The first-order valence-corrected chi connectivity index (χ1v) is 8.18. The van der Waals surface area contributed by atoms with Crippen LogP contribution in [-0.4, -0.2) is 30.7 Å². The van der Waals surface area contributed by atoms with Crippen molar-refractivity contribution >= 4 is 28.2 Å². The zero-order valence-electron chi connectivity index (χ0n) is 12.5. The smallest absolute Gasteiger partial charge is 0.0737 e. The van der Waals surface area contributed by atoms with E-state index in [4.69, 9.17) is 11.6 Å². The molecule has 1 fully saturated rings. The van der Waals surface area contributed by atoms with E-state index in [0.29, 0.717) is 6.04 Å². The van der Waals surface area contributed by atoms with E-state index in [1.54, 1.807) is 0 Å². The molecular formula is C17H22ClN3. The Morgan fingerprint density at radius 3 is 3.00 bits per heavy atom. The zero-order valence-corrected chi connectivity index (χ0v) is 13.2. The SMILES string of the molecule is CCN(CC1CCCCN1)c1ccnc2cc(Cl)ccc12. The number of halogens is 1. The van der Waals surface area contributed by atoms with E-state index < -0.39 is 0 Å². The van der Waals surface area contributed by atoms with Gasteiger partial charge in [0.25, 0.3) is 0 Å². The third-order valence-corrected chi connectivity index (χ3v) is 4.49. The second-order valence-electron chi connectivity index (χ2n) is 5.68. The van der Waals surface area contributed by atoms with Gasteiger partial charge in [0.15, 0.2) is 0 Å². The Balaban J connectivity index is 1.89. The average molecular weight is 304 g/mol. The van der Waals surface area contributed by atoms with E-state index in [2.05, 4.69) is 34.3 Å². The largest absolute Gasteiger partial charge is 0.370 e. The fourth-order valence-electron chi connectivity index (χ4n) is 3.13. The summed E-state index contributed by atoms with van der Waals surface area (Å²) >= 11 is 6.08. The second kappa shape index (κ2) is 6.63. The number of hydrogen-bond donors (Lipinski definition) is 1. The van der Waals surface area contributed by atoms with E-state index in [0.717, 1.165) is 30.2 Å². The normalized spacial score (nSPS) is 18.9. The van der Waals surface area contributed by atoms with Crippen LogP contribution in [0, 0.1) is 0 Å². The number of fused-ring (bicyclic) bond motifs is 1. The molecule has 2 heterocycles. The number of nitrogens with one attached hydrogen (secondary N) is 1. The summed E-state index contributed by atoms with van der Waals surface area (Å²) in [5.41, 5.74) is 2.22. The molecule has 1 aromatic heterocycles. The highest BCUT2D eigenvalue weighted by atomic mass is 35.5. The minimum Gasteiger partial charge on any atom is -0.370 e. The lowest BCUT2D eigenvalue weighted by molar-refractivity contribution is 0.400. The minimum absolute atomic E-state index is 0.592. The number of likely N-dealkylation sites (N-methyl/N-ethyl adjacent to an activating group) is 1. The van der Waals surface area contributed by atoms with Crippen LogP contribution in [-0.2, 0) is 0 Å². The molecule has 1 aliphatic rings. The van der Waals surface area contributed by atoms with Gasteiger partial charge in [0.05, 0.1) is 5.52 Å². The Hall–Kier alpha value is -1.32. The molecule has 0 amide bonds. The van der Waals surface area contributed by atoms with E-state index in [9.17, 15) is 0 Å². The number of piperidine rings is 1. The number of aromatic nitrogens is 1. The van der Waals surface area contributed by atoms with Crippen LogP contribution < -0.4 is 10.2 Å². The zero-order chi connectivity index (χ0) is 14.7. The maximum atomic E-state index is 6.08. The highest BCUT2D eigenvalue weighted by Crippen LogP contribution is 2.28. The van der Waals surface area contributed by atoms with Crippen molar-refractivity contribution in [2.75, 3.05) is 24.5 Å². The second-order valence-corrected chi connectivity index (χ2v) is 6.11. The summed E-state index contributed by atoms with van der Waals surface area (Å²) in [6, 6.07) is 8.67. The fraction of sp³-hybridized carbons (Fsp3) is 0.471. The Labute approximate surface area is 131 Å². The van der Waals surface area contributed by atoms with Crippen LogP contribution in [0.15, 0.2) is 30.5 Å². The minimum atomic E-state index is 0.592. The van der Waals surface area contributed by atoms with Gasteiger partial charge in [-0.2, -0.15) is 0 Å². The predicted octanol–water partition coefficient (Wildman–Crippen LogP) is 3.86. The first kappa shape index (κ1) is 14.6. The van der Waals surface area contributed by atoms with Gasteiger partial charge in [-0.1, -0.05) is 18.0 Å². The van der Waals surface area contributed by atoms with Crippen molar-refractivity contribution in [1.82, 2.24) is 10.3 Å². The Morgan fingerprint density at radius 2 is 2.24 bits per heavy atom. The summed E-state index contributed by atoms with van der Waals surface area (Å²) < 4.78 is 0. The third kappa shape index (κ3) is 3.30. The van der Waals surface area contributed by atoms with Crippen molar-refractivity contribution in [2.24, 2.45) is 0 Å². The lowest BCUT2D eigenvalue weighted by atomic mass is 10.0. The highest BCUT2D eigenvalue weighted by Gasteiger charge is 2.17. The summed E-state index contributed by atoms with van der Waals surface area (Å²) in [4.78, 5) is 6.88. The molecule has 1 N–H and O–H groups in total. The molecule has 112 valence electrons. The molecule has 3 nitrogen and oxygen atoms in total. The van der Waals surface area contributed by atoms with Crippen molar-refractivity contribution in [2.45, 2.75) is 32.2 Å². The van der Waals surface area contributed by atoms with E-state index in [1.165, 1.54) is 30.3 Å². The maximum absolute atomic E-state index is 6.08. The van der Waals surface area contributed by atoms with Gasteiger partial charge in [0, 0.05) is 41.4 Å². The number of pyridine rings is 1. The molecule has 1 aromatic carbocycles. The van der Waals surface area contributed by atoms with Crippen LogP contribution in [0.4, 0.5) is 5.69 Å². The number of hydrogen-bond acceptors (Lipinski definition) is 3. The van der Waals surface area contributed by atoms with E-state index in [-0.39, 0.29) is 0 Å². The van der Waals surface area contributed by atoms with Crippen LogP contribution >= 0.6 is 11.6 Å². The molecule has 2 aromatic rings. The number of anilines is 1. The first-order chi connectivity index (χ1) is 10.3. The van der Waals surface area contributed by atoms with Crippen molar-refractivity contribution in [3.8, 4) is 0 Å². The van der Waals surface area contributed by atoms with Crippen molar-refractivity contribution in [3.63, 3.8) is 0 Å². The fourth-order valence-corrected chi connectivity index (χ4v) is 3.29. The van der Waals surface area contributed by atoms with Crippen LogP contribution in [0.5, 0.6) is 0 Å². The van der Waals surface area contributed by atoms with Crippen LogP contribution in [0.1, 0.15) is 26.2 Å². The van der Waals surface area contributed by atoms with Crippen molar-refractivity contribution < 1.29 is 0 Å². The van der Waals surface area contributed by atoms with Gasteiger partial charge in [-0.05, 0) is 50.6 Å². The summed E-state index contributed by atoms with van der Waals surface area (Å²) in [7, 11) is 0. The molecule has 0 saturated carbocycles. The molecule has 4 heteroatoms. The first-order valence-electron chi connectivity index (χ1n) is 7.80. The molecule has 0 bridgehead atoms. The van der Waals surface area contributed by atoms with Crippen molar-refractivity contribution in [3.05, 3.63) is 35.5 Å². The molecule has 3 rings (SSSR count). The maximum Gasteiger partial charge on any atom is 0.0737 e. The Bertz CT molecular complexity index is 608. The molecular weight excluding hydrogens is 282 g/mol. The summed E-state index contributed by atoms with van der Waals surface area (Å²) in [5.74, 6) is 0. The Morgan fingerprint density at radius 1 is 1.33 bits per heavy atom. The van der Waals surface area contributed by atoms with E-state index >= 15 is 0 Å². The van der Waals surface area contributed by atoms with Gasteiger partial charge in [-0.3, -0.25) is 4.98 Å². The van der Waals surface area contributed by atoms with Gasteiger partial charge in [0.2, 0.25) is 0 Å². The monoisotopic (exact) mass is 303 g/mol. The molecule has 1 unspecified atom stereocenters. The number of benzene rings is 1. The van der Waals surface area contributed by atoms with Gasteiger partial charge in [0.1, 0.15) is 0 Å². The van der Waals surface area contributed by atoms with Crippen molar-refractivity contribution in [1.29, 1.82) is 0 Å². The highest BCUT2D eigenvalue weighted by molar-refractivity contribution is 6.31. The molecule has 1 saturated heterocycles. The molecule has 1 atom stereocenters. The van der Waals surface area contributed by atoms with Crippen LogP contribution in [0.2, 0.25) is 5.02 Å². The van der Waals surface area contributed by atoms with Gasteiger partial charge < -0.3 is 10.2 Å². The predicted molar refractivity (Wildman–Crippen MR) is 90.3 cm³/mol. The number of rotatable bonds is 4. The summed E-state index contributed by atoms with van der Waals surface area (Å²) in [5, 5.41) is 5.55. The molecule has 1 aliphatic heterocycles. The molecule has 0 aliphatic carbocycles. The summed E-state index contributed by atoms with van der Waals surface area (Å²) in [6.45, 7) is 5.41. The lowest BCUT2D eigenvalue weighted by Gasteiger charge is -2.32. The van der Waals surface area contributed by atoms with Gasteiger partial charge in [-0.15, -0.1) is 0 Å². The Kier molecular flexibility index (Phi) is 4.61. The topological polar surface area (TPSA) is 28.2 Å². The standard InChI is InChI=1S/C17H22ClN3/c1-2-21(12-14-5-3-4-9-19-14)17-8-10-20-16-11-13(18)6-7-15(16)17/h6-8,10-11,14,19H,2-5,9,12H2,1H3. The van der Waals surface area contributed by atoms with Crippen LogP contribution in [0.3, 0.4) is 0 Å². The quantitative estimate of drug-likeness (QED) is 0.929. The summed E-state index contributed by atoms with van der Waals surface area (Å²) in [6.07, 6.45) is 5.79. The molecule has 0 radical (unpaired) electrons. The number of nitrogens with zero attached hydrogens (tertiary/aromatic N) is 2.